The SMILES string of the molecule is CN(C)CCNCc1ccc(OCc2cccc(Cl)c2)cc1. The second-order valence-corrected chi connectivity index (χ2v) is 5.98. The number of rotatable bonds is 8. The largest absolute Gasteiger partial charge is 0.489 e. The van der Waals surface area contributed by atoms with E-state index in [0.717, 1.165) is 36.0 Å². The van der Waals surface area contributed by atoms with Crippen molar-refractivity contribution in [3.8, 4) is 5.75 Å². The molecule has 2 aromatic rings. The minimum atomic E-state index is 0.529. The summed E-state index contributed by atoms with van der Waals surface area (Å²) < 4.78 is 5.77. The Balaban J connectivity index is 1.77. The van der Waals surface area contributed by atoms with Gasteiger partial charge in [-0.15, -0.1) is 0 Å². The number of likely N-dealkylation sites (N-methyl/N-ethyl adjacent to an activating group) is 1. The van der Waals surface area contributed by atoms with Gasteiger partial charge in [0.1, 0.15) is 12.4 Å². The summed E-state index contributed by atoms with van der Waals surface area (Å²) >= 11 is 5.96. The van der Waals surface area contributed by atoms with Crippen LogP contribution in [0.25, 0.3) is 0 Å². The standard InChI is InChI=1S/C18H23ClN2O/c1-21(2)11-10-20-13-15-6-8-18(9-7-15)22-14-16-4-3-5-17(19)12-16/h3-9,12,20H,10-11,13-14H2,1-2H3. The Morgan fingerprint density at radius 3 is 2.50 bits per heavy atom. The summed E-state index contributed by atoms with van der Waals surface area (Å²) in [6, 6.07) is 15.9. The molecule has 0 bridgehead atoms. The van der Waals surface area contributed by atoms with Gasteiger partial charge in [0.2, 0.25) is 0 Å². The second kappa shape index (κ2) is 8.79. The minimum absolute atomic E-state index is 0.529. The number of benzene rings is 2. The van der Waals surface area contributed by atoms with Crippen molar-refractivity contribution in [3.05, 3.63) is 64.7 Å². The second-order valence-electron chi connectivity index (χ2n) is 5.54. The van der Waals surface area contributed by atoms with Crippen LogP contribution in [0.4, 0.5) is 0 Å². The van der Waals surface area contributed by atoms with Crippen molar-refractivity contribution < 1.29 is 4.74 Å². The van der Waals surface area contributed by atoms with Gasteiger partial charge in [0.15, 0.2) is 0 Å². The van der Waals surface area contributed by atoms with E-state index in [1.54, 1.807) is 0 Å². The van der Waals surface area contributed by atoms with Crippen molar-refractivity contribution in [1.82, 2.24) is 10.2 Å². The summed E-state index contributed by atoms with van der Waals surface area (Å²) in [7, 11) is 4.15. The predicted molar refractivity (Wildman–Crippen MR) is 92.5 cm³/mol. The highest BCUT2D eigenvalue weighted by Crippen LogP contribution is 2.16. The molecule has 0 aromatic heterocycles. The summed E-state index contributed by atoms with van der Waals surface area (Å²) in [4.78, 5) is 2.17. The molecule has 118 valence electrons. The molecule has 0 fully saturated rings. The smallest absolute Gasteiger partial charge is 0.119 e. The molecule has 0 aliphatic heterocycles. The summed E-state index contributed by atoms with van der Waals surface area (Å²) in [6.07, 6.45) is 0. The van der Waals surface area contributed by atoms with Crippen LogP contribution in [0.1, 0.15) is 11.1 Å². The number of hydrogen-bond acceptors (Lipinski definition) is 3. The third kappa shape index (κ3) is 6.06. The third-order valence-electron chi connectivity index (χ3n) is 3.28. The van der Waals surface area contributed by atoms with Gasteiger partial charge in [-0.3, -0.25) is 0 Å². The van der Waals surface area contributed by atoms with Gasteiger partial charge in [0, 0.05) is 24.7 Å². The molecule has 4 heteroatoms. The van der Waals surface area contributed by atoms with Crippen LogP contribution in [-0.2, 0) is 13.2 Å². The first-order valence-electron chi connectivity index (χ1n) is 7.45. The van der Waals surface area contributed by atoms with Crippen LogP contribution in [0.2, 0.25) is 5.02 Å². The third-order valence-corrected chi connectivity index (χ3v) is 3.52. The van der Waals surface area contributed by atoms with Crippen LogP contribution in [0.3, 0.4) is 0 Å². The molecule has 0 radical (unpaired) electrons. The summed E-state index contributed by atoms with van der Waals surface area (Å²) in [5.41, 5.74) is 2.33. The van der Waals surface area contributed by atoms with Crippen molar-refractivity contribution in [2.24, 2.45) is 0 Å². The number of nitrogens with zero attached hydrogens (tertiary/aromatic N) is 1. The molecular weight excluding hydrogens is 296 g/mol. The van der Waals surface area contributed by atoms with Gasteiger partial charge < -0.3 is 15.0 Å². The highest BCUT2D eigenvalue weighted by atomic mass is 35.5. The van der Waals surface area contributed by atoms with E-state index >= 15 is 0 Å². The van der Waals surface area contributed by atoms with Crippen LogP contribution < -0.4 is 10.1 Å². The Labute approximate surface area is 137 Å². The Morgan fingerprint density at radius 2 is 1.82 bits per heavy atom. The zero-order valence-corrected chi connectivity index (χ0v) is 13.9. The lowest BCUT2D eigenvalue weighted by Gasteiger charge is -2.11. The van der Waals surface area contributed by atoms with Gasteiger partial charge in [-0.2, -0.15) is 0 Å². The number of halogens is 1. The molecule has 1 N–H and O–H groups in total. The summed E-state index contributed by atoms with van der Waals surface area (Å²) in [5.74, 6) is 0.872. The lowest BCUT2D eigenvalue weighted by molar-refractivity contribution is 0.306. The average molecular weight is 319 g/mol. The number of ether oxygens (including phenoxy) is 1. The molecule has 3 nitrogen and oxygen atoms in total. The van der Waals surface area contributed by atoms with E-state index in [-0.39, 0.29) is 0 Å². The van der Waals surface area contributed by atoms with Gasteiger partial charge >= 0.3 is 0 Å². The molecule has 0 spiro atoms. The van der Waals surface area contributed by atoms with Crippen LogP contribution in [0.5, 0.6) is 5.75 Å². The highest BCUT2D eigenvalue weighted by molar-refractivity contribution is 6.30. The van der Waals surface area contributed by atoms with Crippen molar-refractivity contribution in [2.45, 2.75) is 13.2 Å². The highest BCUT2D eigenvalue weighted by Gasteiger charge is 1.98. The first-order valence-corrected chi connectivity index (χ1v) is 7.83. The van der Waals surface area contributed by atoms with Crippen LogP contribution >= 0.6 is 11.6 Å². The molecule has 0 heterocycles. The van der Waals surface area contributed by atoms with Gasteiger partial charge in [-0.1, -0.05) is 35.9 Å². The monoisotopic (exact) mass is 318 g/mol. The number of nitrogens with one attached hydrogen (secondary N) is 1. The van der Waals surface area contributed by atoms with E-state index in [2.05, 4.69) is 36.4 Å². The first kappa shape index (κ1) is 16.8. The van der Waals surface area contributed by atoms with Gasteiger partial charge in [-0.05, 0) is 49.5 Å². The Hall–Kier alpha value is -1.55. The molecule has 0 atom stereocenters. The lowest BCUT2D eigenvalue weighted by atomic mass is 10.2. The minimum Gasteiger partial charge on any atom is -0.489 e. The fourth-order valence-corrected chi connectivity index (χ4v) is 2.25. The fraction of sp³-hybridized carbons (Fsp3) is 0.333. The maximum absolute atomic E-state index is 5.96. The van der Waals surface area contributed by atoms with E-state index in [4.69, 9.17) is 16.3 Å². The van der Waals surface area contributed by atoms with Crippen molar-refractivity contribution >= 4 is 11.6 Å². The molecule has 0 unspecified atom stereocenters. The molecule has 0 saturated carbocycles. The summed E-state index contributed by atoms with van der Waals surface area (Å²) in [6.45, 7) is 3.43. The number of hydrogen-bond donors (Lipinski definition) is 1. The Bertz CT molecular complexity index is 570. The molecule has 2 rings (SSSR count). The normalized spacial score (nSPS) is 10.9. The van der Waals surface area contributed by atoms with Gasteiger partial charge in [0.05, 0.1) is 0 Å². The Morgan fingerprint density at radius 1 is 1.05 bits per heavy atom. The van der Waals surface area contributed by atoms with E-state index in [1.165, 1.54) is 5.56 Å². The molecule has 0 aliphatic carbocycles. The molecular formula is C18H23ClN2O. The van der Waals surface area contributed by atoms with E-state index < -0.39 is 0 Å². The maximum atomic E-state index is 5.96. The zero-order chi connectivity index (χ0) is 15.8. The topological polar surface area (TPSA) is 24.5 Å². The molecule has 0 amide bonds. The maximum Gasteiger partial charge on any atom is 0.119 e. The van der Waals surface area contributed by atoms with Crippen LogP contribution in [0.15, 0.2) is 48.5 Å². The van der Waals surface area contributed by atoms with Gasteiger partial charge in [0.25, 0.3) is 0 Å². The summed E-state index contributed by atoms with van der Waals surface area (Å²) in [5, 5.41) is 4.16. The average Bonchev–Trinajstić information content (AvgIpc) is 2.51. The van der Waals surface area contributed by atoms with E-state index in [9.17, 15) is 0 Å². The lowest BCUT2D eigenvalue weighted by Crippen LogP contribution is -2.26. The quantitative estimate of drug-likeness (QED) is 0.753. The van der Waals surface area contributed by atoms with E-state index in [1.807, 2.05) is 36.4 Å². The van der Waals surface area contributed by atoms with Crippen molar-refractivity contribution in [3.63, 3.8) is 0 Å². The zero-order valence-electron chi connectivity index (χ0n) is 13.2. The Kier molecular flexibility index (Phi) is 6.72. The van der Waals surface area contributed by atoms with Gasteiger partial charge in [-0.25, -0.2) is 0 Å². The molecule has 0 aliphatic rings. The van der Waals surface area contributed by atoms with Crippen LogP contribution in [0, 0.1) is 0 Å². The van der Waals surface area contributed by atoms with E-state index in [0.29, 0.717) is 6.61 Å². The molecule has 22 heavy (non-hydrogen) atoms. The van der Waals surface area contributed by atoms with Crippen LogP contribution in [-0.4, -0.2) is 32.1 Å². The van der Waals surface area contributed by atoms with Crippen molar-refractivity contribution in [2.75, 3.05) is 27.2 Å². The predicted octanol–water partition coefficient (Wildman–Crippen LogP) is 3.57. The first-order chi connectivity index (χ1) is 10.6. The van der Waals surface area contributed by atoms with Crippen molar-refractivity contribution in [1.29, 1.82) is 0 Å². The molecule has 0 saturated heterocycles. The fourth-order valence-electron chi connectivity index (χ4n) is 2.03. The molecule has 2 aromatic carbocycles.